The van der Waals surface area contributed by atoms with Crippen molar-refractivity contribution in [2.24, 2.45) is 0 Å². The summed E-state index contributed by atoms with van der Waals surface area (Å²) < 4.78 is 46.3. The lowest BCUT2D eigenvalue weighted by Gasteiger charge is -2.14. The van der Waals surface area contributed by atoms with Gasteiger partial charge in [-0.25, -0.2) is 28.1 Å². The Labute approximate surface area is 177 Å². The molecule has 0 spiro atoms. The van der Waals surface area contributed by atoms with Crippen LogP contribution in [0, 0.1) is 17.5 Å². The van der Waals surface area contributed by atoms with Crippen LogP contribution in [0.4, 0.5) is 19.0 Å². The minimum atomic E-state index is -1.20. The summed E-state index contributed by atoms with van der Waals surface area (Å²) >= 11 is 5.99. The highest BCUT2D eigenvalue weighted by Gasteiger charge is 2.29. The standard InChI is InChI=1S/C19H11ClF3N5O3/c20-10-6-25-17(27-15(10)9-2-1-3-11(22)14(9)23)19(30)26-12-7-31-13-4-8(21)5-24-16(13)28-18(12)29/h1-6,12H,7H2,(H,26,30)(H,24,28,29). The molecule has 12 heteroatoms. The monoisotopic (exact) mass is 449 g/mol. The fraction of sp³-hybridized carbons (Fsp3) is 0.105. The van der Waals surface area contributed by atoms with Crippen LogP contribution in [-0.4, -0.2) is 39.4 Å². The van der Waals surface area contributed by atoms with E-state index in [2.05, 4.69) is 25.6 Å². The Balaban J connectivity index is 1.57. The summed E-state index contributed by atoms with van der Waals surface area (Å²) in [7, 11) is 0. The van der Waals surface area contributed by atoms with Crippen molar-refractivity contribution in [3.63, 3.8) is 0 Å². The molecule has 0 saturated carbocycles. The van der Waals surface area contributed by atoms with Crippen molar-refractivity contribution >= 4 is 29.2 Å². The maximum Gasteiger partial charge on any atom is 0.289 e. The molecule has 2 aromatic heterocycles. The number of hydrogen-bond donors (Lipinski definition) is 2. The molecule has 2 N–H and O–H groups in total. The van der Waals surface area contributed by atoms with E-state index >= 15 is 0 Å². The summed E-state index contributed by atoms with van der Waals surface area (Å²) in [5.74, 6) is -4.99. The highest BCUT2D eigenvalue weighted by molar-refractivity contribution is 6.33. The molecule has 31 heavy (non-hydrogen) atoms. The van der Waals surface area contributed by atoms with E-state index in [-0.39, 0.29) is 34.5 Å². The van der Waals surface area contributed by atoms with Crippen LogP contribution in [0.2, 0.25) is 5.02 Å². The van der Waals surface area contributed by atoms with Gasteiger partial charge in [0.05, 0.1) is 23.1 Å². The van der Waals surface area contributed by atoms with Gasteiger partial charge in [-0.15, -0.1) is 0 Å². The van der Waals surface area contributed by atoms with E-state index in [0.717, 1.165) is 24.5 Å². The van der Waals surface area contributed by atoms with E-state index < -0.39 is 41.1 Å². The fourth-order valence-electron chi connectivity index (χ4n) is 2.76. The van der Waals surface area contributed by atoms with Crippen molar-refractivity contribution in [3.05, 3.63) is 65.0 Å². The Morgan fingerprint density at radius 2 is 2.03 bits per heavy atom. The molecule has 3 aromatic rings. The maximum absolute atomic E-state index is 14.1. The third-order valence-electron chi connectivity index (χ3n) is 4.24. The highest BCUT2D eigenvalue weighted by atomic mass is 35.5. The Hall–Kier alpha value is -3.73. The van der Waals surface area contributed by atoms with Crippen LogP contribution in [0.1, 0.15) is 10.6 Å². The Morgan fingerprint density at radius 1 is 1.23 bits per heavy atom. The number of benzene rings is 1. The molecule has 4 rings (SSSR count). The van der Waals surface area contributed by atoms with Crippen LogP contribution < -0.4 is 15.4 Å². The predicted octanol–water partition coefficient (Wildman–Crippen LogP) is 2.74. The van der Waals surface area contributed by atoms with Crippen molar-refractivity contribution < 1.29 is 27.5 Å². The molecule has 2 amide bonds. The average molecular weight is 450 g/mol. The number of halogens is 4. The van der Waals surface area contributed by atoms with Gasteiger partial charge in [0, 0.05) is 11.6 Å². The molecule has 1 unspecified atom stereocenters. The first-order valence-electron chi connectivity index (χ1n) is 8.70. The second kappa shape index (κ2) is 8.19. The number of nitrogens with zero attached hydrogens (tertiary/aromatic N) is 3. The van der Waals surface area contributed by atoms with E-state index in [4.69, 9.17) is 16.3 Å². The Bertz CT molecular complexity index is 1210. The summed E-state index contributed by atoms with van der Waals surface area (Å²) in [6.45, 7) is -0.325. The topological polar surface area (TPSA) is 106 Å². The molecular formula is C19H11ClF3N5O3. The van der Waals surface area contributed by atoms with E-state index in [9.17, 15) is 22.8 Å². The van der Waals surface area contributed by atoms with Crippen molar-refractivity contribution in [2.45, 2.75) is 6.04 Å². The van der Waals surface area contributed by atoms with Gasteiger partial charge in [-0.1, -0.05) is 17.7 Å². The number of rotatable bonds is 3. The molecule has 3 heterocycles. The SMILES string of the molecule is O=C(NC1COc2cc(F)cnc2NC1=O)c1ncc(Cl)c(-c2cccc(F)c2F)n1. The zero-order valence-corrected chi connectivity index (χ0v) is 16.1. The van der Waals surface area contributed by atoms with Gasteiger partial charge in [0.1, 0.15) is 18.5 Å². The van der Waals surface area contributed by atoms with Crippen LogP contribution in [0.3, 0.4) is 0 Å². The normalized spacial score (nSPS) is 15.4. The first-order chi connectivity index (χ1) is 14.8. The molecule has 1 aliphatic heterocycles. The van der Waals surface area contributed by atoms with E-state index in [1.165, 1.54) is 12.1 Å². The zero-order valence-electron chi connectivity index (χ0n) is 15.3. The number of ether oxygens (including phenoxy) is 1. The Morgan fingerprint density at radius 3 is 2.84 bits per heavy atom. The molecule has 0 saturated heterocycles. The van der Waals surface area contributed by atoms with Crippen molar-refractivity contribution in [3.8, 4) is 17.0 Å². The van der Waals surface area contributed by atoms with Gasteiger partial charge in [0.15, 0.2) is 23.2 Å². The first-order valence-corrected chi connectivity index (χ1v) is 9.08. The molecule has 0 aliphatic carbocycles. The summed E-state index contributed by atoms with van der Waals surface area (Å²) in [5, 5.41) is 4.66. The van der Waals surface area contributed by atoms with Crippen LogP contribution in [0.25, 0.3) is 11.3 Å². The maximum atomic E-state index is 14.1. The molecule has 1 aromatic carbocycles. The number of anilines is 1. The third kappa shape index (κ3) is 4.12. The average Bonchev–Trinajstić information content (AvgIpc) is 2.89. The molecule has 0 bridgehead atoms. The van der Waals surface area contributed by atoms with Gasteiger partial charge in [-0.05, 0) is 12.1 Å². The van der Waals surface area contributed by atoms with Crippen molar-refractivity contribution in [1.82, 2.24) is 20.3 Å². The molecule has 1 aliphatic rings. The van der Waals surface area contributed by atoms with Crippen LogP contribution in [-0.2, 0) is 4.79 Å². The van der Waals surface area contributed by atoms with Gasteiger partial charge in [-0.3, -0.25) is 9.59 Å². The summed E-state index contributed by atoms with van der Waals surface area (Å²) in [6.07, 6.45) is 1.95. The fourth-order valence-corrected chi connectivity index (χ4v) is 2.95. The molecule has 0 radical (unpaired) electrons. The number of nitrogens with one attached hydrogen (secondary N) is 2. The summed E-state index contributed by atoms with van der Waals surface area (Å²) in [4.78, 5) is 36.4. The second-order valence-corrected chi connectivity index (χ2v) is 6.73. The lowest BCUT2D eigenvalue weighted by Crippen LogP contribution is -2.46. The van der Waals surface area contributed by atoms with Crippen molar-refractivity contribution in [2.75, 3.05) is 11.9 Å². The van der Waals surface area contributed by atoms with Gasteiger partial charge in [-0.2, -0.15) is 0 Å². The number of pyridine rings is 1. The minimum absolute atomic E-state index is 0.00305. The largest absolute Gasteiger partial charge is 0.487 e. The lowest BCUT2D eigenvalue weighted by molar-refractivity contribution is -0.118. The molecule has 0 fully saturated rings. The van der Waals surface area contributed by atoms with Gasteiger partial charge >= 0.3 is 0 Å². The summed E-state index contributed by atoms with van der Waals surface area (Å²) in [5.41, 5.74) is -0.465. The minimum Gasteiger partial charge on any atom is -0.487 e. The number of carbonyl (C=O) groups excluding carboxylic acids is 2. The van der Waals surface area contributed by atoms with E-state index in [1.807, 2.05) is 0 Å². The van der Waals surface area contributed by atoms with Crippen LogP contribution in [0.5, 0.6) is 5.75 Å². The van der Waals surface area contributed by atoms with Crippen LogP contribution >= 0.6 is 11.6 Å². The van der Waals surface area contributed by atoms with E-state index in [1.54, 1.807) is 0 Å². The lowest BCUT2D eigenvalue weighted by atomic mass is 10.1. The number of hydrogen-bond acceptors (Lipinski definition) is 6. The second-order valence-electron chi connectivity index (χ2n) is 6.32. The first kappa shape index (κ1) is 20.5. The quantitative estimate of drug-likeness (QED) is 0.637. The molecular weight excluding hydrogens is 439 g/mol. The highest BCUT2D eigenvalue weighted by Crippen LogP contribution is 2.29. The van der Waals surface area contributed by atoms with Gasteiger partial charge < -0.3 is 15.4 Å². The number of fused-ring (bicyclic) bond motifs is 1. The predicted molar refractivity (Wildman–Crippen MR) is 102 cm³/mol. The van der Waals surface area contributed by atoms with Gasteiger partial charge in [0.2, 0.25) is 5.82 Å². The van der Waals surface area contributed by atoms with E-state index in [0.29, 0.717) is 0 Å². The molecule has 8 nitrogen and oxygen atoms in total. The van der Waals surface area contributed by atoms with Crippen LogP contribution in [0.15, 0.2) is 36.7 Å². The summed E-state index contributed by atoms with van der Waals surface area (Å²) in [6, 6.07) is 3.26. The van der Waals surface area contributed by atoms with Gasteiger partial charge in [0.25, 0.3) is 11.8 Å². The molecule has 1 atom stereocenters. The third-order valence-corrected chi connectivity index (χ3v) is 4.52. The van der Waals surface area contributed by atoms with Crippen molar-refractivity contribution in [1.29, 1.82) is 0 Å². The smallest absolute Gasteiger partial charge is 0.289 e. The number of carbonyl (C=O) groups is 2. The molecule has 158 valence electrons. The number of aromatic nitrogens is 3. The number of amides is 2. The Kier molecular flexibility index (Phi) is 5.42. The zero-order chi connectivity index (χ0) is 22.1.